The van der Waals surface area contributed by atoms with E-state index in [0.29, 0.717) is 12.3 Å². The standard InChI is InChI=1S/C15H26N2O3/c1-16-8-7-11(9-16)10-17(2)14(18)12-5-3-4-6-13(12)15(19)20/h11-13H,3-10H2,1-2H3,(H,19,20). The number of carboxylic acid groups (broad SMARTS) is 1. The molecule has 1 N–H and O–H groups in total. The third-order valence-electron chi connectivity index (χ3n) is 4.80. The van der Waals surface area contributed by atoms with Crippen molar-refractivity contribution >= 4 is 11.9 Å². The third-order valence-corrected chi connectivity index (χ3v) is 4.80. The van der Waals surface area contributed by atoms with Crippen molar-refractivity contribution in [2.24, 2.45) is 17.8 Å². The molecule has 5 nitrogen and oxygen atoms in total. The molecule has 0 spiro atoms. The van der Waals surface area contributed by atoms with Crippen molar-refractivity contribution in [2.45, 2.75) is 32.1 Å². The zero-order valence-corrected chi connectivity index (χ0v) is 12.5. The maximum Gasteiger partial charge on any atom is 0.307 e. The molecule has 5 heteroatoms. The predicted molar refractivity (Wildman–Crippen MR) is 76.3 cm³/mol. The summed E-state index contributed by atoms with van der Waals surface area (Å²) in [5.41, 5.74) is 0. The summed E-state index contributed by atoms with van der Waals surface area (Å²) >= 11 is 0. The quantitative estimate of drug-likeness (QED) is 0.844. The molecule has 114 valence electrons. The Balaban J connectivity index is 1.92. The normalized spacial score (nSPS) is 31.2. The summed E-state index contributed by atoms with van der Waals surface area (Å²) in [6, 6.07) is 0. The van der Waals surface area contributed by atoms with Crippen LogP contribution in [0, 0.1) is 17.8 Å². The fourth-order valence-electron chi connectivity index (χ4n) is 3.66. The first-order valence-electron chi connectivity index (χ1n) is 7.65. The minimum absolute atomic E-state index is 0.0339. The number of nitrogens with zero attached hydrogens (tertiary/aromatic N) is 2. The summed E-state index contributed by atoms with van der Waals surface area (Å²) < 4.78 is 0. The van der Waals surface area contributed by atoms with E-state index in [0.717, 1.165) is 45.3 Å². The van der Waals surface area contributed by atoms with Crippen LogP contribution >= 0.6 is 0 Å². The molecule has 20 heavy (non-hydrogen) atoms. The van der Waals surface area contributed by atoms with Gasteiger partial charge >= 0.3 is 5.97 Å². The second-order valence-corrected chi connectivity index (χ2v) is 6.47. The summed E-state index contributed by atoms with van der Waals surface area (Å²) in [4.78, 5) is 27.9. The van der Waals surface area contributed by atoms with E-state index in [2.05, 4.69) is 11.9 Å². The molecule has 2 fully saturated rings. The molecule has 0 radical (unpaired) electrons. The van der Waals surface area contributed by atoms with Crippen LogP contribution in [0.1, 0.15) is 32.1 Å². The number of hydrogen-bond donors (Lipinski definition) is 1. The molecule has 0 aromatic rings. The molecule has 0 aromatic carbocycles. The Morgan fingerprint density at radius 1 is 1.20 bits per heavy atom. The van der Waals surface area contributed by atoms with Crippen LogP contribution in [0.2, 0.25) is 0 Å². The maximum absolute atomic E-state index is 12.5. The zero-order chi connectivity index (χ0) is 14.7. The van der Waals surface area contributed by atoms with Gasteiger partial charge in [0.15, 0.2) is 0 Å². The molecule has 1 saturated heterocycles. The molecule has 1 amide bonds. The van der Waals surface area contributed by atoms with Gasteiger partial charge in [0.1, 0.15) is 0 Å². The minimum atomic E-state index is -0.808. The van der Waals surface area contributed by atoms with Crippen molar-refractivity contribution in [3.05, 3.63) is 0 Å². The number of likely N-dealkylation sites (tertiary alicyclic amines) is 1. The molecular formula is C15H26N2O3. The smallest absolute Gasteiger partial charge is 0.307 e. The number of carboxylic acids is 1. The predicted octanol–water partition coefficient (Wildman–Crippen LogP) is 1.29. The first-order valence-corrected chi connectivity index (χ1v) is 7.65. The van der Waals surface area contributed by atoms with Crippen LogP contribution in [0.15, 0.2) is 0 Å². The van der Waals surface area contributed by atoms with Crippen LogP contribution in [-0.4, -0.2) is 60.5 Å². The summed E-state index contributed by atoms with van der Waals surface area (Å²) in [5.74, 6) is -1.04. The topological polar surface area (TPSA) is 60.9 Å². The highest BCUT2D eigenvalue weighted by Gasteiger charge is 2.37. The Kier molecular flexibility index (Phi) is 5.02. The first-order chi connectivity index (χ1) is 9.49. The molecule has 0 aromatic heterocycles. The van der Waals surface area contributed by atoms with E-state index in [-0.39, 0.29) is 11.8 Å². The number of rotatable bonds is 4. The lowest BCUT2D eigenvalue weighted by Gasteiger charge is -2.32. The Hall–Kier alpha value is -1.10. The molecule has 0 bridgehead atoms. The number of carbonyl (C=O) groups is 2. The van der Waals surface area contributed by atoms with Crippen molar-refractivity contribution in [3.63, 3.8) is 0 Å². The van der Waals surface area contributed by atoms with Crippen LogP contribution in [-0.2, 0) is 9.59 Å². The number of aliphatic carboxylic acids is 1. The summed E-state index contributed by atoms with van der Waals surface area (Å²) in [7, 11) is 3.93. The Morgan fingerprint density at radius 3 is 2.40 bits per heavy atom. The second kappa shape index (κ2) is 6.57. The molecule has 2 rings (SSSR count). The van der Waals surface area contributed by atoms with Crippen molar-refractivity contribution in [3.8, 4) is 0 Å². The van der Waals surface area contributed by atoms with E-state index in [9.17, 15) is 14.7 Å². The molecule has 1 aliphatic carbocycles. The number of amides is 1. The van der Waals surface area contributed by atoms with Crippen LogP contribution in [0.25, 0.3) is 0 Å². The van der Waals surface area contributed by atoms with E-state index in [1.54, 1.807) is 4.90 Å². The average Bonchev–Trinajstić information content (AvgIpc) is 2.83. The lowest BCUT2D eigenvalue weighted by atomic mass is 9.78. The Morgan fingerprint density at radius 2 is 1.85 bits per heavy atom. The SMILES string of the molecule is CN1CCC(CN(C)C(=O)C2CCCCC2C(=O)O)C1. The van der Waals surface area contributed by atoms with Crippen LogP contribution in [0.4, 0.5) is 0 Å². The molecular weight excluding hydrogens is 256 g/mol. The average molecular weight is 282 g/mol. The number of hydrogen-bond acceptors (Lipinski definition) is 3. The molecule has 2 aliphatic rings. The largest absolute Gasteiger partial charge is 0.481 e. The summed E-state index contributed by atoms with van der Waals surface area (Å²) in [5, 5.41) is 9.28. The van der Waals surface area contributed by atoms with Gasteiger partial charge in [0.25, 0.3) is 0 Å². The maximum atomic E-state index is 12.5. The molecule has 1 heterocycles. The van der Waals surface area contributed by atoms with Gasteiger partial charge in [-0.15, -0.1) is 0 Å². The van der Waals surface area contributed by atoms with Gasteiger partial charge in [0, 0.05) is 20.1 Å². The van der Waals surface area contributed by atoms with Gasteiger partial charge in [-0.05, 0) is 38.8 Å². The van der Waals surface area contributed by atoms with Crippen molar-refractivity contribution in [1.29, 1.82) is 0 Å². The van der Waals surface area contributed by atoms with Gasteiger partial charge in [-0.25, -0.2) is 0 Å². The van der Waals surface area contributed by atoms with Gasteiger partial charge in [-0.1, -0.05) is 12.8 Å². The van der Waals surface area contributed by atoms with Crippen LogP contribution < -0.4 is 0 Å². The Labute approximate surface area is 120 Å². The van der Waals surface area contributed by atoms with Crippen LogP contribution in [0.5, 0.6) is 0 Å². The highest BCUT2D eigenvalue weighted by Crippen LogP contribution is 2.32. The van der Waals surface area contributed by atoms with Gasteiger partial charge in [0.05, 0.1) is 11.8 Å². The monoisotopic (exact) mass is 282 g/mol. The highest BCUT2D eigenvalue weighted by molar-refractivity contribution is 5.84. The third kappa shape index (κ3) is 3.51. The van der Waals surface area contributed by atoms with Crippen LogP contribution in [0.3, 0.4) is 0 Å². The van der Waals surface area contributed by atoms with E-state index in [1.807, 2.05) is 7.05 Å². The lowest BCUT2D eigenvalue weighted by Crippen LogP contribution is -2.42. The molecule has 1 aliphatic heterocycles. The molecule has 1 saturated carbocycles. The van der Waals surface area contributed by atoms with E-state index in [4.69, 9.17) is 0 Å². The zero-order valence-electron chi connectivity index (χ0n) is 12.5. The first kappa shape index (κ1) is 15.3. The lowest BCUT2D eigenvalue weighted by molar-refractivity contribution is -0.152. The molecule has 3 atom stereocenters. The second-order valence-electron chi connectivity index (χ2n) is 6.47. The van der Waals surface area contributed by atoms with E-state index in [1.165, 1.54) is 0 Å². The van der Waals surface area contributed by atoms with Crippen molar-refractivity contribution < 1.29 is 14.7 Å². The summed E-state index contributed by atoms with van der Waals surface area (Å²) in [6.45, 7) is 2.88. The van der Waals surface area contributed by atoms with Gasteiger partial charge < -0.3 is 14.9 Å². The summed E-state index contributed by atoms with van der Waals surface area (Å²) in [6.07, 6.45) is 4.40. The van der Waals surface area contributed by atoms with Crippen molar-refractivity contribution in [2.75, 3.05) is 33.7 Å². The molecule has 3 unspecified atom stereocenters. The fourth-order valence-corrected chi connectivity index (χ4v) is 3.66. The van der Waals surface area contributed by atoms with Gasteiger partial charge in [0.2, 0.25) is 5.91 Å². The Bertz CT molecular complexity index is 372. The highest BCUT2D eigenvalue weighted by atomic mass is 16.4. The fraction of sp³-hybridized carbons (Fsp3) is 0.867. The number of carbonyl (C=O) groups excluding carboxylic acids is 1. The van der Waals surface area contributed by atoms with Crippen molar-refractivity contribution in [1.82, 2.24) is 9.80 Å². The van der Waals surface area contributed by atoms with Gasteiger partial charge in [-0.2, -0.15) is 0 Å². The van der Waals surface area contributed by atoms with Gasteiger partial charge in [-0.3, -0.25) is 9.59 Å². The minimum Gasteiger partial charge on any atom is -0.481 e. The van der Waals surface area contributed by atoms with E-state index < -0.39 is 11.9 Å². The van der Waals surface area contributed by atoms with E-state index >= 15 is 0 Å².